The van der Waals surface area contributed by atoms with Gasteiger partial charge in [-0.3, -0.25) is 19.7 Å². The number of carbonyl (C=O) groups excluding carboxylic acids is 1. The molecule has 0 fully saturated rings. The maximum atomic E-state index is 12.7. The molecule has 1 unspecified atom stereocenters. The van der Waals surface area contributed by atoms with Crippen LogP contribution in [0.2, 0.25) is 0 Å². The number of amides is 1. The van der Waals surface area contributed by atoms with Crippen molar-refractivity contribution >= 4 is 40.0 Å². The first-order chi connectivity index (χ1) is 15.2. The summed E-state index contributed by atoms with van der Waals surface area (Å²) in [6.45, 7) is 1.36. The number of fused-ring (bicyclic) bond motifs is 1. The van der Waals surface area contributed by atoms with Gasteiger partial charge >= 0.3 is 0 Å². The first-order valence-corrected chi connectivity index (χ1v) is 9.06. The number of aliphatic hydroxyl groups excluding tert-OH is 1. The number of carbonyl (C=O) groups is 1. The smallest absolute Gasteiger partial charge is 0.276 e. The highest BCUT2D eigenvalue weighted by Crippen LogP contribution is 2.22. The summed E-state index contributed by atoms with van der Waals surface area (Å²) >= 11 is 0. The molecule has 3 rings (SSSR count). The van der Waals surface area contributed by atoms with Crippen LogP contribution in [0.15, 0.2) is 57.5 Å². The zero-order chi connectivity index (χ0) is 23.4. The minimum atomic E-state index is -1.46. The van der Waals surface area contributed by atoms with Gasteiger partial charge in [-0.2, -0.15) is 0 Å². The molecule has 32 heavy (non-hydrogen) atoms. The number of hydrogen-bond acceptors (Lipinski definition) is 8. The predicted molar refractivity (Wildman–Crippen MR) is 117 cm³/mol. The van der Waals surface area contributed by atoms with Gasteiger partial charge in [-0.15, -0.1) is 10.2 Å². The van der Waals surface area contributed by atoms with Crippen LogP contribution in [0.4, 0.5) is 11.4 Å². The van der Waals surface area contributed by atoms with E-state index in [1.165, 1.54) is 31.2 Å². The molecule has 1 heterocycles. The number of nitro groups is 1. The number of nitrogens with zero attached hydrogens (tertiary/aromatic N) is 4. The quantitative estimate of drug-likeness (QED) is 0.158. The number of non-ortho nitro benzene ring substituents is 1. The predicted octanol–water partition coefficient (Wildman–Crippen LogP) is 0.501. The van der Waals surface area contributed by atoms with E-state index in [1.54, 1.807) is 12.1 Å². The molecule has 13 nitrogen and oxygen atoms in total. The molecule has 7 N–H and O–H groups in total. The highest BCUT2D eigenvalue weighted by molar-refractivity contribution is 6.03. The minimum Gasteiger partial charge on any atom is -0.382 e. The first kappa shape index (κ1) is 22.0. The van der Waals surface area contributed by atoms with E-state index in [1.807, 2.05) is 0 Å². The lowest BCUT2D eigenvalue weighted by Gasteiger charge is -2.14. The van der Waals surface area contributed by atoms with Crippen LogP contribution in [0.5, 0.6) is 0 Å². The molecule has 164 valence electrons. The van der Waals surface area contributed by atoms with Gasteiger partial charge in [0.15, 0.2) is 5.69 Å². The number of guanidine groups is 1. The summed E-state index contributed by atoms with van der Waals surface area (Å²) in [6.07, 6.45) is -1.46. The molecule has 0 saturated heterocycles. The Morgan fingerprint density at radius 2 is 1.91 bits per heavy atom. The second kappa shape index (κ2) is 9.01. The van der Waals surface area contributed by atoms with Gasteiger partial charge < -0.3 is 26.9 Å². The normalized spacial score (nSPS) is 12.2. The van der Waals surface area contributed by atoms with Gasteiger partial charge in [0.1, 0.15) is 11.8 Å². The van der Waals surface area contributed by atoms with E-state index in [-0.39, 0.29) is 34.0 Å². The molecule has 1 amide bonds. The van der Waals surface area contributed by atoms with Gasteiger partial charge in [-0.05, 0) is 23.8 Å². The molecular formula is C19H18N8O5. The third-order valence-electron chi connectivity index (χ3n) is 4.21. The lowest BCUT2D eigenvalue weighted by Crippen LogP contribution is -2.27. The number of nitrogens with two attached hydrogens (primary N) is 2. The second-order valence-electron chi connectivity index (χ2n) is 6.59. The number of benzene rings is 2. The number of rotatable bonds is 6. The third-order valence-corrected chi connectivity index (χ3v) is 4.21. The van der Waals surface area contributed by atoms with Crippen molar-refractivity contribution in [2.24, 2.45) is 21.7 Å². The van der Waals surface area contributed by atoms with Crippen LogP contribution in [0.25, 0.3) is 11.0 Å². The monoisotopic (exact) mass is 438 g/mol. The number of hydrogen-bond donors (Lipinski definition) is 5. The number of nitro benzene ring substituents is 1. The fraction of sp³-hybridized carbons (Fsp3) is 0.105. The molecule has 0 radical (unpaired) electrons. The van der Waals surface area contributed by atoms with Crippen molar-refractivity contribution in [1.29, 1.82) is 0 Å². The number of aromatic amines is 1. The largest absolute Gasteiger partial charge is 0.382 e. The molecule has 0 saturated carbocycles. The standard InChI is InChI=1S/C19H18N8O5/c1-9(28)22-11-4-2-10(3-5-11)17(29)15(25-26-19(20)21)16-18(30)24-14-8-12(27(31)32)6-7-13(14)23-16/h2-8,17,29H,1H3,(H,22,28)(H,24,30)(H4,20,21,26)/b25-15+. The van der Waals surface area contributed by atoms with E-state index in [2.05, 4.69) is 25.5 Å². The Labute approximate surface area is 179 Å². The maximum Gasteiger partial charge on any atom is 0.276 e. The number of H-pyrrole nitrogens is 1. The molecule has 3 aromatic rings. The van der Waals surface area contributed by atoms with Gasteiger partial charge in [0, 0.05) is 24.7 Å². The number of anilines is 1. The summed E-state index contributed by atoms with van der Waals surface area (Å²) < 4.78 is 0. The molecule has 0 bridgehead atoms. The molecule has 0 aliphatic carbocycles. The average Bonchev–Trinajstić information content (AvgIpc) is 2.73. The Morgan fingerprint density at radius 3 is 2.50 bits per heavy atom. The topological polar surface area (TPSA) is 215 Å². The summed E-state index contributed by atoms with van der Waals surface area (Å²) in [5, 5.41) is 31.8. The summed E-state index contributed by atoms with van der Waals surface area (Å²) in [5.41, 5.74) is 10.3. The van der Waals surface area contributed by atoms with Gasteiger partial charge in [0.05, 0.1) is 16.0 Å². The van der Waals surface area contributed by atoms with Crippen LogP contribution in [0, 0.1) is 10.1 Å². The molecule has 0 aliphatic rings. The van der Waals surface area contributed by atoms with Crippen LogP contribution in [-0.2, 0) is 4.79 Å². The van der Waals surface area contributed by atoms with Crippen LogP contribution < -0.4 is 22.3 Å². The average molecular weight is 438 g/mol. The van der Waals surface area contributed by atoms with Crippen molar-refractivity contribution < 1.29 is 14.8 Å². The Morgan fingerprint density at radius 1 is 1.22 bits per heavy atom. The van der Waals surface area contributed by atoms with Crippen molar-refractivity contribution in [1.82, 2.24) is 9.97 Å². The first-order valence-electron chi connectivity index (χ1n) is 9.06. The highest BCUT2D eigenvalue weighted by atomic mass is 16.6. The molecule has 0 spiro atoms. The summed E-state index contributed by atoms with van der Waals surface area (Å²) in [7, 11) is 0. The molecular weight excluding hydrogens is 420 g/mol. The third kappa shape index (κ3) is 4.91. The van der Waals surface area contributed by atoms with Crippen molar-refractivity contribution in [3.63, 3.8) is 0 Å². The second-order valence-corrected chi connectivity index (χ2v) is 6.59. The van der Waals surface area contributed by atoms with E-state index in [9.17, 15) is 24.8 Å². The molecule has 13 heteroatoms. The van der Waals surface area contributed by atoms with E-state index >= 15 is 0 Å². The molecule has 0 aliphatic heterocycles. The lowest BCUT2D eigenvalue weighted by molar-refractivity contribution is -0.384. The summed E-state index contributed by atoms with van der Waals surface area (Å²) in [4.78, 5) is 40.9. The van der Waals surface area contributed by atoms with Crippen molar-refractivity contribution in [2.75, 3.05) is 5.32 Å². The van der Waals surface area contributed by atoms with Crippen molar-refractivity contribution in [3.8, 4) is 0 Å². The fourth-order valence-electron chi connectivity index (χ4n) is 2.81. The summed E-state index contributed by atoms with van der Waals surface area (Å²) in [6, 6.07) is 9.86. The SMILES string of the molecule is CC(=O)Nc1ccc(C(O)/C(=N/N=C(N)N)c2nc3ccc([N+](=O)[O-])cc3[nH]c2=O)cc1. The Kier molecular flexibility index (Phi) is 6.21. The number of aliphatic hydroxyl groups is 1. The highest BCUT2D eigenvalue weighted by Gasteiger charge is 2.23. The zero-order valence-electron chi connectivity index (χ0n) is 16.6. The van der Waals surface area contributed by atoms with E-state index in [4.69, 9.17) is 11.5 Å². The van der Waals surface area contributed by atoms with Gasteiger partial charge in [-0.25, -0.2) is 4.98 Å². The molecule has 1 aromatic heterocycles. The zero-order valence-corrected chi connectivity index (χ0v) is 16.6. The molecule has 1 atom stereocenters. The maximum absolute atomic E-state index is 12.7. The lowest BCUT2D eigenvalue weighted by atomic mass is 10.0. The van der Waals surface area contributed by atoms with Crippen LogP contribution in [0.1, 0.15) is 24.3 Å². The Hall–Kier alpha value is -4.65. The minimum absolute atomic E-state index is 0.128. The van der Waals surface area contributed by atoms with Crippen LogP contribution in [0.3, 0.4) is 0 Å². The van der Waals surface area contributed by atoms with Crippen LogP contribution in [-0.4, -0.2) is 37.6 Å². The van der Waals surface area contributed by atoms with Crippen LogP contribution >= 0.6 is 0 Å². The summed E-state index contributed by atoms with van der Waals surface area (Å²) in [5.74, 6) is -0.677. The Balaban J connectivity index is 2.09. The van der Waals surface area contributed by atoms with Gasteiger partial charge in [-0.1, -0.05) is 12.1 Å². The van der Waals surface area contributed by atoms with Crippen molar-refractivity contribution in [3.05, 3.63) is 74.2 Å². The number of aromatic nitrogens is 2. The molecule has 2 aromatic carbocycles. The fourth-order valence-corrected chi connectivity index (χ4v) is 2.81. The van der Waals surface area contributed by atoms with Gasteiger partial charge in [0.25, 0.3) is 11.2 Å². The van der Waals surface area contributed by atoms with Crippen molar-refractivity contribution in [2.45, 2.75) is 13.0 Å². The van der Waals surface area contributed by atoms with Gasteiger partial charge in [0.2, 0.25) is 11.9 Å². The van der Waals surface area contributed by atoms with E-state index < -0.39 is 22.5 Å². The van der Waals surface area contributed by atoms with E-state index in [0.717, 1.165) is 6.07 Å². The Bertz CT molecular complexity index is 1310. The van der Waals surface area contributed by atoms with E-state index in [0.29, 0.717) is 11.3 Å². The number of nitrogens with one attached hydrogen (secondary N) is 2.